The SMILES string of the molecule is C[C@H](NCc1nc(C(C)(C)C)cs1)c1ccccc1. The number of hydrogen-bond acceptors (Lipinski definition) is 3. The molecule has 0 saturated carbocycles. The lowest BCUT2D eigenvalue weighted by Crippen LogP contribution is -2.18. The van der Waals surface area contributed by atoms with Crippen molar-refractivity contribution in [3.8, 4) is 0 Å². The Morgan fingerprint density at radius 2 is 1.89 bits per heavy atom. The van der Waals surface area contributed by atoms with E-state index in [0.29, 0.717) is 6.04 Å². The Kier molecular flexibility index (Phi) is 4.38. The lowest BCUT2D eigenvalue weighted by atomic mass is 9.93. The van der Waals surface area contributed by atoms with E-state index in [1.54, 1.807) is 11.3 Å². The van der Waals surface area contributed by atoms with E-state index in [9.17, 15) is 0 Å². The number of benzene rings is 1. The number of nitrogens with one attached hydrogen (secondary N) is 1. The van der Waals surface area contributed by atoms with E-state index in [4.69, 9.17) is 4.98 Å². The highest BCUT2D eigenvalue weighted by Gasteiger charge is 2.17. The molecule has 0 amide bonds. The van der Waals surface area contributed by atoms with Crippen LogP contribution >= 0.6 is 11.3 Å². The first-order valence-electron chi connectivity index (χ1n) is 6.70. The smallest absolute Gasteiger partial charge is 0.107 e. The summed E-state index contributed by atoms with van der Waals surface area (Å²) in [5.74, 6) is 0. The molecule has 0 aliphatic heterocycles. The Balaban J connectivity index is 1.94. The van der Waals surface area contributed by atoms with Crippen LogP contribution in [0.1, 0.15) is 50.0 Å². The van der Waals surface area contributed by atoms with E-state index in [2.05, 4.69) is 62.7 Å². The van der Waals surface area contributed by atoms with Gasteiger partial charge in [0.25, 0.3) is 0 Å². The van der Waals surface area contributed by atoms with Crippen molar-refractivity contribution in [2.24, 2.45) is 0 Å². The minimum atomic E-state index is 0.139. The second-order valence-electron chi connectivity index (χ2n) is 5.89. The second-order valence-corrected chi connectivity index (χ2v) is 6.83. The van der Waals surface area contributed by atoms with Gasteiger partial charge in [-0.1, -0.05) is 51.1 Å². The van der Waals surface area contributed by atoms with Gasteiger partial charge < -0.3 is 5.32 Å². The molecular weight excluding hydrogens is 252 g/mol. The standard InChI is InChI=1S/C16H22N2S/c1-12(13-8-6-5-7-9-13)17-10-15-18-14(11-19-15)16(2,3)4/h5-9,11-12,17H,10H2,1-4H3/t12-/m0/s1. The Hall–Kier alpha value is -1.19. The molecule has 0 radical (unpaired) electrons. The van der Waals surface area contributed by atoms with Crippen molar-refractivity contribution < 1.29 is 0 Å². The summed E-state index contributed by atoms with van der Waals surface area (Å²) in [6.07, 6.45) is 0. The number of thiazole rings is 1. The van der Waals surface area contributed by atoms with Crippen LogP contribution in [0.2, 0.25) is 0 Å². The fourth-order valence-corrected chi connectivity index (χ4v) is 2.81. The maximum absolute atomic E-state index is 4.70. The first-order valence-corrected chi connectivity index (χ1v) is 7.58. The topological polar surface area (TPSA) is 24.9 Å². The highest BCUT2D eigenvalue weighted by atomic mass is 32.1. The first-order chi connectivity index (χ1) is 8.97. The molecule has 0 unspecified atom stereocenters. The molecule has 0 bridgehead atoms. The Morgan fingerprint density at radius 3 is 2.47 bits per heavy atom. The molecule has 2 aromatic rings. The van der Waals surface area contributed by atoms with Crippen molar-refractivity contribution >= 4 is 11.3 Å². The third-order valence-corrected chi connectivity index (χ3v) is 4.03. The summed E-state index contributed by atoms with van der Waals surface area (Å²) in [6, 6.07) is 10.9. The summed E-state index contributed by atoms with van der Waals surface area (Å²) < 4.78 is 0. The molecule has 102 valence electrons. The molecule has 3 heteroatoms. The van der Waals surface area contributed by atoms with E-state index in [0.717, 1.165) is 11.6 Å². The molecule has 2 nitrogen and oxygen atoms in total. The molecule has 2 rings (SSSR count). The predicted octanol–water partition coefficient (Wildman–Crippen LogP) is 4.29. The molecule has 0 saturated heterocycles. The zero-order valence-corrected chi connectivity index (χ0v) is 12.9. The van der Waals surface area contributed by atoms with Gasteiger partial charge >= 0.3 is 0 Å². The molecule has 1 aromatic carbocycles. The van der Waals surface area contributed by atoms with Crippen molar-refractivity contribution in [2.75, 3.05) is 0 Å². The van der Waals surface area contributed by atoms with E-state index in [1.807, 2.05) is 6.07 Å². The van der Waals surface area contributed by atoms with Gasteiger partial charge in [0, 0.05) is 23.4 Å². The molecule has 19 heavy (non-hydrogen) atoms. The van der Waals surface area contributed by atoms with Crippen LogP contribution in [0.5, 0.6) is 0 Å². The molecule has 0 aliphatic carbocycles. The zero-order valence-electron chi connectivity index (χ0n) is 12.1. The van der Waals surface area contributed by atoms with E-state index >= 15 is 0 Å². The van der Waals surface area contributed by atoms with Crippen LogP contribution in [0.15, 0.2) is 35.7 Å². The fourth-order valence-electron chi connectivity index (χ4n) is 1.84. The van der Waals surface area contributed by atoms with Crippen LogP contribution in [0.3, 0.4) is 0 Å². The van der Waals surface area contributed by atoms with Crippen LogP contribution < -0.4 is 5.32 Å². The largest absolute Gasteiger partial charge is 0.304 e. The molecule has 0 fully saturated rings. The fraction of sp³-hybridized carbons (Fsp3) is 0.438. The minimum absolute atomic E-state index is 0.139. The van der Waals surface area contributed by atoms with E-state index in [-0.39, 0.29) is 5.41 Å². The van der Waals surface area contributed by atoms with Gasteiger partial charge in [-0.15, -0.1) is 11.3 Å². The number of hydrogen-bond donors (Lipinski definition) is 1. The summed E-state index contributed by atoms with van der Waals surface area (Å²) in [7, 11) is 0. The van der Waals surface area contributed by atoms with Gasteiger partial charge in [-0.25, -0.2) is 4.98 Å². The normalized spacial score (nSPS) is 13.5. The molecule has 0 aliphatic rings. The molecular formula is C16H22N2S. The Morgan fingerprint density at radius 1 is 1.21 bits per heavy atom. The summed E-state index contributed by atoms with van der Waals surface area (Å²) >= 11 is 1.74. The first kappa shape index (κ1) is 14.2. The third-order valence-electron chi connectivity index (χ3n) is 3.18. The van der Waals surface area contributed by atoms with Gasteiger partial charge in [0.05, 0.1) is 5.69 Å². The van der Waals surface area contributed by atoms with Gasteiger partial charge in [0.15, 0.2) is 0 Å². The van der Waals surface area contributed by atoms with Crippen molar-refractivity contribution in [1.82, 2.24) is 10.3 Å². The molecule has 1 atom stereocenters. The maximum Gasteiger partial charge on any atom is 0.107 e. The zero-order chi connectivity index (χ0) is 13.9. The van der Waals surface area contributed by atoms with E-state index < -0.39 is 0 Å². The van der Waals surface area contributed by atoms with Gasteiger partial charge in [0.2, 0.25) is 0 Å². The van der Waals surface area contributed by atoms with Crippen LogP contribution in [0, 0.1) is 0 Å². The molecule has 1 heterocycles. The summed E-state index contributed by atoms with van der Waals surface area (Å²) in [5, 5.41) is 6.86. The highest BCUT2D eigenvalue weighted by molar-refractivity contribution is 7.09. The van der Waals surface area contributed by atoms with Gasteiger partial charge in [-0.05, 0) is 12.5 Å². The average Bonchev–Trinajstić information content (AvgIpc) is 2.86. The predicted molar refractivity (Wildman–Crippen MR) is 82.5 cm³/mol. The third kappa shape index (κ3) is 3.88. The average molecular weight is 274 g/mol. The number of aromatic nitrogens is 1. The van der Waals surface area contributed by atoms with E-state index in [1.165, 1.54) is 11.3 Å². The van der Waals surface area contributed by atoms with Gasteiger partial charge in [0.1, 0.15) is 5.01 Å². The van der Waals surface area contributed by atoms with Crippen molar-refractivity contribution in [3.63, 3.8) is 0 Å². The van der Waals surface area contributed by atoms with Crippen LogP contribution in [0.25, 0.3) is 0 Å². The summed E-state index contributed by atoms with van der Waals surface area (Å²) in [5.41, 5.74) is 2.64. The Bertz CT molecular complexity index is 511. The monoisotopic (exact) mass is 274 g/mol. The Labute approximate surface area is 119 Å². The molecule has 1 N–H and O–H groups in total. The summed E-state index contributed by atoms with van der Waals surface area (Å²) in [4.78, 5) is 4.70. The number of rotatable bonds is 4. The van der Waals surface area contributed by atoms with Gasteiger partial charge in [-0.2, -0.15) is 0 Å². The molecule has 1 aromatic heterocycles. The van der Waals surface area contributed by atoms with Crippen LogP contribution in [0.4, 0.5) is 0 Å². The second kappa shape index (κ2) is 5.85. The number of nitrogens with zero attached hydrogens (tertiary/aromatic N) is 1. The quantitative estimate of drug-likeness (QED) is 0.899. The summed E-state index contributed by atoms with van der Waals surface area (Å²) in [6.45, 7) is 9.62. The lowest BCUT2D eigenvalue weighted by molar-refractivity contribution is 0.554. The maximum atomic E-state index is 4.70. The minimum Gasteiger partial charge on any atom is -0.304 e. The highest BCUT2D eigenvalue weighted by Crippen LogP contribution is 2.24. The lowest BCUT2D eigenvalue weighted by Gasteiger charge is -2.15. The van der Waals surface area contributed by atoms with Crippen LogP contribution in [-0.4, -0.2) is 4.98 Å². The molecule has 0 spiro atoms. The van der Waals surface area contributed by atoms with Crippen molar-refractivity contribution in [3.05, 3.63) is 52.0 Å². The van der Waals surface area contributed by atoms with Gasteiger partial charge in [-0.3, -0.25) is 0 Å². The van der Waals surface area contributed by atoms with Crippen LogP contribution in [-0.2, 0) is 12.0 Å². The van der Waals surface area contributed by atoms with Crippen molar-refractivity contribution in [1.29, 1.82) is 0 Å². The van der Waals surface area contributed by atoms with Crippen molar-refractivity contribution in [2.45, 2.75) is 45.7 Å².